The molecule has 0 amide bonds. The van der Waals surface area contributed by atoms with Crippen molar-refractivity contribution in [2.24, 2.45) is 10.2 Å². The molecule has 0 aliphatic carbocycles. The van der Waals surface area contributed by atoms with E-state index in [1.54, 1.807) is 0 Å². The van der Waals surface area contributed by atoms with Gasteiger partial charge in [0.1, 0.15) is 0 Å². The molecule has 0 aliphatic rings. The maximum Gasteiger partial charge on any atom is 0.347 e. The number of rotatable bonds is 11. The van der Waals surface area contributed by atoms with Gasteiger partial charge in [0.25, 0.3) is 0 Å². The van der Waals surface area contributed by atoms with Crippen LogP contribution in [0.4, 0.5) is 0 Å². The van der Waals surface area contributed by atoms with Gasteiger partial charge in [-0.05, 0) is 70.5 Å². The van der Waals surface area contributed by atoms with Gasteiger partial charge in [0.2, 0.25) is 23.0 Å². The molecule has 0 rings (SSSR count). The van der Waals surface area contributed by atoms with Crippen molar-refractivity contribution in [2.45, 2.75) is 5.91 Å². The van der Waals surface area contributed by atoms with Crippen molar-refractivity contribution in [1.29, 1.82) is 0 Å². The molecule has 0 atom stereocenters. The van der Waals surface area contributed by atoms with E-state index in [0.29, 0.717) is 6.67 Å². The second-order valence-electron chi connectivity index (χ2n) is 8.38. The summed E-state index contributed by atoms with van der Waals surface area (Å²) in [4.78, 5) is 6.57. The van der Waals surface area contributed by atoms with Gasteiger partial charge in [-0.25, -0.2) is 9.34 Å². The van der Waals surface area contributed by atoms with Crippen LogP contribution in [-0.2, 0) is 0 Å². The highest BCUT2D eigenvalue weighted by Crippen LogP contribution is 2.78. The highest BCUT2D eigenvalue weighted by atomic mass is 79.9. The summed E-state index contributed by atoms with van der Waals surface area (Å²) in [5.41, 5.74) is 6.54. The van der Waals surface area contributed by atoms with Crippen molar-refractivity contribution in [1.82, 2.24) is 38.1 Å². The predicted octanol–water partition coefficient (Wildman–Crippen LogP) is 1.77. The normalized spacial score (nSPS) is 14.8. The summed E-state index contributed by atoms with van der Waals surface area (Å²) in [5, 5.41) is 0. The first-order chi connectivity index (χ1) is 13.0. The van der Waals surface area contributed by atoms with E-state index in [1.807, 2.05) is 0 Å². The van der Waals surface area contributed by atoms with Crippen molar-refractivity contribution in [2.75, 3.05) is 105 Å². The lowest BCUT2D eigenvalue weighted by atomic mass is 10.4. The van der Waals surface area contributed by atoms with Gasteiger partial charge in [-0.15, -0.1) is 9.34 Å². The molecule has 0 saturated carbocycles. The zero-order valence-corrected chi connectivity index (χ0v) is 24.5. The van der Waals surface area contributed by atoms with E-state index < -0.39 is 19.8 Å². The van der Waals surface area contributed by atoms with E-state index in [2.05, 4.69) is 152 Å². The average Bonchev–Trinajstić information content (AvgIpc) is 2.55. The highest BCUT2D eigenvalue weighted by Gasteiger charge is 2.56. The topological polar surface area (TPSA) is 64.3 Å². The first-order valence-corrected chi connectivity index (χ1v) is 14.7. The molecular weight excluding hydrogens is 474 g/mol. The molecule has 176 valence electrons. The first-order valence-electron chi connectivity index (χ1n) is 9.45. The quantitative estimate of drug-likeness (QED) is 0.325. The molecule has 0 aromatic rings. The van der Waals surface area contributed by atoms with Gasteiger partial charge in [-0.2, -0.15) is 4.67 Å². The number of nitrogens with zero attached hydrogens (tertiary/aromatic N) is 9. The SMILES string of the molecule is CN(C)C(N(C)C)(N(C)C)N(CN)P(=N[P+](Br)(N(C)C)N(C)C)(N(C)C)N(C)C. The molecule has 0 aromatic heterocycles. The van der Waals surface area contributed by atoms with E-state index in [4.69, 9.17) is 10.2 Å². The molecular formula is C16H46BrN10P2+. The van der Waals surface area contributed by atoms with Crippen molar-refractivity contribution < 1.29 is 0 Å². The van der Waals surface area contributed by atoms with E-state index in [9.17, 15) is 0 Å². The predicted molar refractivity (Wildman–Crippen MR) is 135 cm³/mol. The number of hydrogen-bond acceptors (Lipinski definition) is 7. The minimum atomic E-state index is -2.47. The smallest absolute Gasteiger partial charge is 0.318 e. The summed E-state index contributed by atoms with van der Waals surface area (Å²) in [6.45, 7) is 0.329. The zero-order valence-electron chi connectivity index (χ0n) is 21.1. The van der Waals surface area contributed by atoms with E-state index >= 15 is 0 Å². The van der Waals surface area contributed by atoms with Crippen molar-refractivity contribution in [3.05, 3.63) is 0 Å². The lowest BCUT2D eigenvalue weighted by Gasteiger charge is -2.59. The second-order valence-corrected chi connectivity index (χ2v) is 17.7. The minimum Gasteiger partial charge on any atom is -0.318 e. The van der Waals surface area contributed by atoms with Crippen LogP contribution >= 0.6 is 29.4 Å². The Morgan fingerprint density at radius 2 is 1.03 bits per heavy atom. The van der Waals surface area contributed by atoms with Crippen LogP contribution in [0.25, 0.3) is 0 Å². The van der Waals surface area contributed by atoms with Gasteiger partial charge >= 0.3 is 6.42 Å². The van der Waals surface area contributed by atoms with E-state index in [0.717, 1.165) is 0 Å². The Bertz CT molecular complexity index is 524. The standard InChI is InChI=1S/C16H46BrN10P2/c1-20(2)16(21(3)4,22(5)6)27(15-18)29(25(11)12,26(13)14)19-28(17,23(7)8)24(9)10/h15,18H2,1-14H3/q+1. The van der Waals surface area contributed by atoms with Gasteiger partial charge in [-0.3, -0.25) is 14.7 Å². The van der Waals surface area contributed by atoms with Gasteiger partial charge < -0.3 is 5.73 Å². The summed E-state index contributed by atoms with van der Waals surface area (Å²) < 4.78 is 16.8. The maximum absolute atomic E-state index is 6.54. The fourth-order valence-corrected chi connectivity index (χ4v) is 13.3. The van der Waals surface area contributed by atoms with Crippen LogP contribution in [0.15, 0.2) is 4.52 Å². The number of hydrogen-bond donors (Lipinski definition) is 1. The van der Waals surface area contributed by atoms with E-state index in [-0.39, 0.29) is 0 Å². The molecule has 0 aromatic carbocycles. The van der Waals surface area contributed by atoms with Gasteiger partial charge in [0, 0.05) is 28.2 Å². The van der Waals surface area contributed by atoms with Crippen LogP contribution in [0.1, 0.15) is 0 Å². The first kappa shape index (κ1) is 29.8. The average molecular weight is 520 g/mol. The summed E-state index contributed by atoms with van der Waals surface area (Å²) in [5.74, 6) is -0.600. The summed E-state index contributed by atoms with van der Waals surface area (Å²) >= 11 is 4.02. The third-order valence-corrected chi connectivity index (χ3v) is 17.2. The Hall–Kier alpha value is 0.780. The van der Waals surface area contributed by atoms with Crippen LogP contribution in [0.5, 0.6) is 0 Å². The van der Waals surface area contributed by atoms with Gasteiger partial charge in [0.05, 0.1) is 6.67 Å². The van der Waals surface area contributed by atoms with Gasteiger partial charge in [-0.1, -0.05) is 4.52 Å². The van der Waals surface area contributed by atoms with Crippen LogP contribution in [0.2, 0.25) is 0 Å². The third-order valence-electron chi connectivity index (χ3n) is 4.97. The van der Waals surface area contributed by atoms with E-state index in [1.165, 1.54) is 0 Å². The highest BCUT2D eigenvalue weighted by molar-refractivity contribution is 9.41. The Labute approximate surface area is 189 Å². The molecule has 0 fully saturated rings. The monoisotopic (exact) mass is 519 g/mol. The molecule has 0 aliphatic heterocycles. The molecule has 0 unspecified atom stereocenters. The summed E-state index contributed by atoms with van der Waals surface area (Å²) in [7, 11) is 26.6. The summed E-state index contributed by atoms with van der Waals surface area (Å²) in [6.07, 6.45) is -2.15. The van der Waals surface area contributed by atoms with Crippen LogP contribution in [0.3, 0.4) is 0 Å². The molecule has 0 radical (unpaired) electrons. The van der Waals surface area contributed by atoms with Crippen molar-refractivity contribution in [3.8, 4) is 0 Å². The largest absolute Gasteiger partial charge is 0.347 e. The lowest BCUT2D eigenvalue weighted by molar-refractivity contribution is -0.186. The van der Waals surface area contributed by atoms with Crippen LogP contribution in [-0.4, -0.2) is 149 Å². The molecule has 0 bridgehead atoms. The third kappa shape index (κ3) is 5.24. The molecule has 13 heteroatoms. The van der Waals surface area contributed by atoms with Crippen LogP contribution < -0.4 is 5.73 Å². The molecule has 10 nitrogen and oxygen atoms in total. The fourth-order valence-electron chi connectivity index (χ4n) is 3.97. The second kappa shape index (κ2) is 11.1. The zero-order chi connectivity index (χ0) is 23.5. The maximum atomic E-state index is 6.54. The molecule has 0 heterocycles. The van der Waals surface area contributed by atoms with Crippen molar-refractivity contribution in [3.63, 3.8) is 0 Å². The Balaban J connectivity index is 7.54. The lowest BCUT2D eigenvalue weighted by Crippen LogP contribution is -2.74. The fraction of sp³-hybridized carbons (Fsp3) is 1.00. The molecule has 29 heavy (non-hydrogen) atoms. The Kier molecular flexibility index (Phi) is 11.4. The number of halogens is 1. The minimum absolute atomic E-state index is 0.329. The van der Waals surface area contributed by atoms with Crippen molar-refractivity contribution >= 4 is 29.4 Å². The molecule has 0 saturated heterocycles. The molecule has 2 N–H and O–H groups in total. The van der Waals surface area contributed by atoms with Gasteiger partial charge in [0.15, 0.2) is 5.91 Å². The Morgan fingerprint density at radius 1 is 0.724 bits per heavy atom. The van der Waals surface area contributed by atoms with Crippen LogP contribution in [0, 0.1) is 0 Å². The number of nitrogens with two attached hydrogens (primary N) is 1. The summed E-state index contributed by atoms with van der Waals surface area (Å²) in [6, 6.07) is 0. The molecule has 0 spiro atoms. The Morgan fingerprint density at radius 3 is 1.21 bits per heavy atom.